The summed E-state index contributed by atoms with van der Waals surface area (Å²) in [7, 11) is 3.48. The highest BCUT2D eigenvalue weighted by Gasteiger charge is 2.56. The van der Waals surface area contributed by atoms with Gasteiger partial charge in [0.25, 0.3) is 0 Å². The maximum Gasteiger partial charge on any atom is 0.333 e. The lowest BCUT2D eigenvalue weighted by Gasteiger charge is -2.52. The molecule has 0 amide bonds. The van der Waals surface area contributed by atoms with Gasteiger partial charge in [0, 0.05) is 28.0 Å². The lowest BCUT2D eigenvalue weighted by molar-refractivity contribution is -0.139. The topological polar surface area (TPSA) is 44.8 Å². The van der Waals surface area contributed by atoms with Crippen molar-refractivity contribution in [3.8, 4) is 11.5 Å². The third-order valence-corrected chi connectivity index (χ3v) is 7.43. The zero-order chi connectivity index (χ0) is 23.3. The summed E-state index contributed by atoms with van der Waals surface area (Å²) in [6.07, 6.45) is 6.14. The molecule has 0 heterocycles. The summed E-state index contributed by atoms with van der Waals surface area (Å²) < 4.78 is 17.4. The molecule has 4 nitrogen and oxygen atoms in total. The highest BCUT2D eigenvalue weighted by molar-refractivity contribution is 5.86. The number of hydrogen-bond acceptors (Lipinski definition) is 4. The third kappa shape index (κ3) is 2.93. The van der Waals surface area contributed by atoms with Crippen molar-refractivity contribution in [2.75, 3.05) is 20.8 Å². The van der Waals surface area contributed by atoms with Crippen LogP contribution in [0.4, 0.5) is 0 Å². The van der Waals surface area contributed by atoms with Crippen LogP contribution in [0.15, 0.2) is 71.8 Å². The Morgan fingerprint density at radius 2 is 1.82 bits per heavy atom. The number of rotatable bonds is 7. The molecule has 0 N–H and O–H groups in total. The molecule has 4 heteroatoms. The molecule has 4 aliphatic rings. The fraction of sp³-hybridized carbons (Fsp3) is 0.345. The van der Waals surface area contributed by atoms with Crippen LogP contribution in [0.5, 0.6) is 11.5 Å². The fourth-order valence-corrected chi connectivity index (χ4v) is 6.29. The van der Waals surface area contributed by atoms with Gasteiger partial charge in [0.2, 0.25) is 0 Å². The van der Waals surface area contributed by atoms with E-state index in [-0.39, 0.29) is 17.3 Å². The van der Waals surface area contributed by atoms with E-state index >= 15 is 0 Å². The molecule has 0 aromatic heterocycles. The molecule has 33 heavy (non-hydrogen) atoms. The van der Waals surface area contributed by atoms with Gasteiger partial charge in [-0.3, -0.25) is 0 Å². The number of ether oxygens (including phenoxy) is 3. The Morgan fingerprint density at radius 3 is 2.55 bits per heavy atom. The fourth-order valence-electron chi connectivity index (χ4n) is 6.29. The zero-order valence-corrected chi connectivity index (χ0v) is 19.7. The molecule has 2 aromatic carbocycles. The van der Waals surface area contributed by atoms with E-state index in [0.29, 0.717) is 18.1 Å². The van der Waals surface area contributed by atoms with Crippen molar-refractivity contribution < 1.29 is 19.0 Å². The molecule has 0 fully saturated rings. The number of carbonyl (C=O) groups excluding carboxylic acids is 1. The van der Waals surface area contributed by atoms with Gasteiger partial charge in [0.15, 0.2) is 0 Å². The number of esters is 1. The van der Waals surface area contributed by atoms with Crippen molar-refractivity contribution >= 4 is 5.97 Å². The van der Waals surface area contributed by atoms with Crippen molar-refractivity contribution in [3.63, 3.8) is 0 Å². The predicted molar refractivity (Wildman–Crippen MR) is 129 cm³/mol. The minimum Gasteiger partial charge on any atom is -0.496 e. The second-order valence-corrected chi connectivity index (χ2v) is 9.22. The highest BCUT2D eigenvalue weighted by atomic mass is 16.5. The van der Waals surface area contributed by atoms with Crippen LogP contribution in [0.3, 0.4) is 0 Å². The summed E-state index contributed by atoms with van der Waals surface area (Å²) in [6.45, 7) is 8.00. The Kier molecular flexibility index (Phi) is 5.19. The predicted octanol–water partition coefficient (Wildman–Crippen LogP) is 5.85. The molecule has 170 valence electrons. The number of methoxy groups -OCH3 is 2. The normalized spacial score (nSPS) is 23.6. The first-order valence-electron chi connectivity index (χ1n) is 11.6. The molecule has 6 rings (SSSR count). The molecule has 3 unspecified atom stereocenters. The average molecular weight is 443 g/mol. The molecule has 2 bridgehead atoms. The molecule has 4 aliphatic carbocycles. The Labute approximate surface area is 195 Å². The van der Waals surface area contributed by atoms with Gasteiger partial charge in [0.1, 0.15) is 11.5 Å². The van der Waals surface area contributed by atoms with E-state index < -0.39 is 0 Å². The summed E-state index contributed by atoms with van der Waals surface area (Å²) in [6, 6.07) is 12.8. The second-order valence-electron chi connectivity index (χ2n) is 9.22. The number of allylic oxidation sites excluding steroid dienone is 4. The minimum absolute atomic E-state index is 0.126. The molecule has 0 saturated heterocycles. The van der Waals surface area contributed by atoms with Gasteiger partial charge in [-0.25, -0.2) is 4.79 Å². The quantitative estimate of drug-likeness (QED) is 0.306. The van der Waals surface area contributed by atoms with E-state index in [0.717, 1.165) is 24.3 Å². The number of carbonyl (C=O) groups is 1. The maximum atomic E-state index is 12.0. The van der Waals surface area contributed by atoms with Crippen LogP contribution in [0.1, 0.15) is 54.9 Å². The monoisotopic (exact) mass is 442 g/mol. The molecule has 0 aliphatic heterocycles. The minimum atomic E-state index is -0.367. The molecule has 2 aromatic rings. The van der Waals surface area contributed by atoms with Gasteiger partial charge in [-0.2, -0.15) is 0 Å². The van der Waals surface area contributed by atoms with E-state index in [4.69, 9.17) is 14.2 Å². The van der Waals surface area contributed by atoms with Crippen LogP contribution in [0.25, 0.3) is 0 Å². The van der Waals surface area contributed by atoms with E-state index in [1.807, 2.05) is 12.1 Å². The lowest BCUT2D eigenvalue weighted by atomic mass is 9.50. The smallest absolute Gasteiger partial charge is 0.333 e. The average Bonchev–Trinajstić information content (AvgIpc) is 3.23. The molecular weight excluding hydrogens is 412 g/mol. The van der Waals surface area contributed by atoms with Crippen LogP contribution >= 0.6 is 0 Å². The van der Waals surface area contributed by atoms with E-state index in [9.17, 15) is 4.79 Å². The van der Waals surface area contributed by atoms with E-state index in [1.54, 1.807) is 21.1 Å². The van der Waals surface area contributed by atoms with E-state index in [2.05, 4.69) is 49.9 Å². The molecule has 0 spiro atoms. The Morgan fingerprint density at radius 1 is 1.09 bits per heavy atom. The van der Waals surface area contributed by atoms with Crippen molar-refractivity contribution in [1.29, 1.82) is 0 Å². The van der Waals surface area contributed by atoms with Crippen molar-refractivity contribution in [3.05, 3.63) is 94.1 Å². The summed E-state index contributed by atoms with van der Waals surface area (Å²) in [5, 5.41) is 0. The summed E-state index contributed by atoms with van der Waals surface area (Å²) in [5.41, 5.74) is 7.93. The summed E-state index contributed by atoms with van der Waals surface area (Å²) >= 11 is 0. The van der Waals surface area contributed by atoms with Crippen LogP contribution in [-0.4, -0.2) is 26.8 Å². The number of hydrogen-bond donors (Lipinski definition) is 0. The first-order chi connectivity index (χ1) is 16.0. The summed E-state index contributed by atoms with van der Waals surface area (Å²) in [5.74, 6) is 1.88. The van der Waals surface area contributed by atoms with Crippen LogP contribution < -0.4 is 9.47 Å². The van der Waals surface area contributed by atoms with Crippen molar-refractivity contribution in [1.82, 2.24) is 0 Å². The van der Waals surface area contributed by atoms with Gasteiger partial charge in [0.05, 0.1) is 20.8 Å². The first kappa shape index (κ1) is 21.6. The van der Waals surface area contributed by atoms with Crippen molar-refractivity contribution in [2.24, 2.45) is 5.92 Å². The SMILES string of the molecule is C=C(C)C(=O)OCCCC12C3=C(C=CC3C)C(c3ccccc31)c1c(OC)ccc(OC)c12. The Hall–Kier alpha value is -3.27. The van der Waals surface area contributed by atoms with Gasteiger partial charge in [-0.15, -0.1) is 0 Å². The molecule has 0 radical (unpaired) electrons. The zero-order valence-electron chi connectivity index (χ0n) is 19.7. The van der Waals surface area contributed by atoms with Crippen LogP contribution in [-0.2, 0) is 14.9 Å². The van der Waals surface area contributed by atoms with Gasteiger partial charge >= 0.3 is 5.97 Å². The van der Waals surface area contributed by atoms with Crippen LogP contribution in [0, 0.1) is 5.92 Å². The third-order valence-electron chi connectivity index (χ3n) is 7.43. The van der Waals surface area contributed by atoms with E-state index in [1.165, 1.54) is 33.4 Å². The Balaban J connectivity index is 1.72. The molecule has 3 atom stereocenters. The van der Waals surface area contributed by atoms with Gasteiger partial charge in [-0.05, 0) is 60.1 Å². The van der Waals surface area contributed by atoms with Crippen LogP contribution in [0.2, 0.25) is 0 Å². The largest absolute Gasteiger partial charge is 0.496 e. The number of benzene rings is 2. The van der Waals surface area contributed by atoms with Crippen molar-refractivity contribution in [2.45, 2.75) is 38.0 Å². The second kappa shape index (κ2) is 7.95. The van der Waals surface area contributed by atoms with Gasteiger partial charge in [-0.1, -0.05) is 49.9 Å². The standard InChI is InChI=1S/C29H30O4/c1-17(2)28(30)33-16-8-15-29-21-10-7-6-9-19(21)24(20-12-11-18(3)26(20)29)25-22(31-4)13-14-23(32-5)27(25)29/h6-7,9-14,18,24H,1,8,15-16H2,2-5H3. The first-order valence-corrected chi connectivity index (χ1v) is 11.6. The Bertz CT molecular complexity index is 1220. The molecular formula is C29H30O4. The molecule has 0 saturated carbocycles. The van der Waals surface area contributed by atoms with Gasteiger partial charge < -0.3 is 14.2 Å². The highest BCUT2D eigenvalue weighted by Crippen LogP contribution is 2.67. The summed E-state index contributed by atoms with van der Waals surface area (Å²) in [4.78, 5) is 12.0. The lowest BCUT2D eigenvalue weighted by Crippen LogP contribution is -2.44. The maximum absolute atomic E-state index is 12.0.